The lowest BCUT2D eigenvalue weighted by Gasteiger charge is -2.60. The number of aliphatic hydroxyl groups excluding tert-OH is 1. The summed E-state index contributed by atoms with van der Waals surface area (Å²) in [6.07, 6.45) is 0.213. The van der Waals surface area contributed by atoms with Crippen molar-refractivity contribution in [1.29, 1.82) is 0 Å². The van der Waals surface area contributed by atoms with E-state index in [2.05, 4.69) is 4.90 Å². The van der Waals surface area contributed by atoms with Crippen molar-refractivity contribution >= 4 is 23.4 Å². The van der Waals surface area contributed by atoms with Crippen LogP contribution in [0.2, 0.25) is 5.02 Å². The van der Waals surface area contributed by atoms with Gasteiger partial charge in [-0.25, -0.2) is 8.78 Å². The molecule has 9 heteroatoms. The van der Waals surface area contributed by atoms with Crippen molar-refractivity contribution in [3.05, 3.63) is 34.9 Å². The third-order valence-electron chi connectivity index (χ3n) is 7.39. The minimum absolute atomic E-state index is 0.0306. The second kappa shape index (κ2) is 7.47. The molecule has 3 saturated heterocycles. The summed E-state index contributed by atoms with van der Waals surface area (Å²) in [7, 11) is 0. The Kier molecular flexibility index (Phi) is 5.12. The van der Waals surface area contributed by atoms with E-state index in [4.69, 9.17) is 11.6 Å². The maximum Gasteiger partial charge on any atom is 0.252 e. The molecule has 3 aliphatic heterocycles. The Morgan fingerprint density at radius 2 is 1.87 bits per heavy atom. The van der Waals surface area contributed by atoms with Crippen LogP contribution in [0.25, 0.3) is 0 Å². The smallest absolute Gasteiger partial charge is 0.252 e. The molecule has 1 aromatic rings. The van der Waals surface area contributed by atoms with E-state index in [1.165, 1.54) is 4.90 Å². The lowest BCUT2D eigenvalue weighted by atomic mass is 9.79. The predicted octanol–water partition coefficient (Wildman–Crippen LogP) is 2.28. The summed E-state index contributed by atoms with van der Waals surface area (Å²) in [5.74, 6) is -3.15. The topological polar surface area (TPSA) is 64.1 Å². The number of hydrogen-bond acceptors (Lipinski definition) is 5. The van der Waals surface area contributed by atoms with Gasteiger partial charge in [-0.15, -0.1) is 0 Å². The van der Waals surface area contributed by atoms with Gasteiger partial charge in [0.25, 0.3) is 5.91 Å². The Hall–Kier alpha value is -1.61. The van der Waals surface area contributed by atoms with Gasteiger partial charge < -0.3 is 5.11 Å². The van der Waals surface area contributed by atoms with E-state index in [9.17, 15) is 23.5 Å². The molecule has 0 aromatic heterocycles. The first-order valence-electron chi connectivity index (χ1n) is 10.9. The summed E-state index contributed by atoms with van der Waals surface area (Å²) < 4.78 is 27.1. The molecule has 1 spiro atoms. The van der Waals surface area contributed by atoms with Gasteiger partial charge in [0.1, 0.15) is 5.54 Å². The number of rotatable bonds is 3. The van der Waals surface area contributed by atoms with Crippen LogP contribution >= 0.6 is 11.6 Å². The predicted molar refractivity (Wildman–Crippen MR) is 110 cm³/mol. The number of carbonyl (C=O) groups excluding carboxylic acids is 2. The minimum Gasteiger partial charge on any atom is -0.392 e. The highest BCUT2D eigenvalue weighted by Crippen LogP contribution is 2.44. The van der Waals surface area contributed by atoms with E-state index in [-0.39, 0.29) is 43.8 Å². The molecule has 6 nitrogen and oxygen atoms in total. The summed E-state index contributed by atoms with van der Waals surface area (Å²) in [6, 6.07) is 6.57. The van der Waals surface area contributed by atoms with Crippen LogP contribution in [-0.4, -0.2) is 80.9 Å². The number of imide groups is 1. The number of likely N-dealkylation sites (tertiary alicyclic amines) is 1. The summed E-state index contributed by atoms with van der Waals surface area (Å²) >= 11 is 6.07. The number of β-amino-alcohol motifs (C(OH)–C–C–N with tert-alkyl or cyclic N) is 1. The Labute approximate surface area is 184 Å². The molecule has 0 radical (unpaired) electrons. The molecule has 5 rings (SSSR count). The molecule has 1 aromatic carbocycles. The lowest BCUT2D eigenvalue weighted by Crippen LogP contribution is -2.82. The Balaban J connectivity index is 1.37. The fourth-order valence-electron chi connectivity index (χ4n) is 5.73. The highest BCUT2D eigenvalue weighted by Gasteiger charge is 2.65. The van der Waals surface area contributed by atoms with Crippen LogP contribution in [-0.2, 0) is 16.1 Å². The average molecular weight is 454 g/mol. The van der Waals surface area contributed by atoms with E-state index in [0.717, 1.165) is 5.56 Å². The first kappa shape index (κ1) is 21.2. The molecule has 0 bridgehead atoms. The minimum atomic E-state index is -2.59. The number of nitrogens with zero attached hydrogens (tertiary/aromatic N) is 3. The molecule has 4 aliphatic rings. The molecule has 2 unspecified atom stereocenters. The van der Waals surface area contributed by atoms with Crippen LogP contribution in [0.3, 0.4) is 0 Å². The largest absolute Gasteiger partial charge is 0.392 e. The zero-order chi connectivity index (χ0) is 22.0. The number of fused-ring (bicyclic) bond motifs is 2. The number of halogens is 3. The van der Waals surface area contributed by atoms with Crippen LogP contribution in [0.15, 0.2) is 24.3 Å². The van der Waals surface area contributed by atoms with Gasteiger partial charge in [0, 0.05) is 43.5 Å². The van der Waals surface area contributed by atoms with Crippen molar-refractivity contribution in [2.75, 3.05) is 19.6 Å². The van der Waals surface area contributed by atoms with E-state index in [0.29, 0.717) is 37.4 Å². The van der Waals surface area contributed by atoms with E-state index >= 15 is 0 Å². The first-order valence-corrected chi connectivity index (χ1v) is 11.2. The first-order chi connectivity index (χ1) is 14.7. The summed E-state index contributed by atoms with van der Waals surface area (Å²) in [4.78, 5) is 32.0. The van der Waals surface area contributed by atoms with Crippen molar-refractivity contribution < 1.29 is 23.5 Å². The summed E-state index contributed by atoms with van der Waals surface area (Å²) in [5.41, 5.74) is -0.115. The Morgan fingerprint density at radius 3 is 2.55 bits per heavy atom. The fraction of sp³-hybridized carbons (Fsp3) is 0.636. The average Bonchev–Trinajstić information content (AvgIpc) is 3.07. The third kappa shape index (κ3) is 3.57. The number of alkyl halides is 2. The molecular formula is C22H26ClF2N3O3. The zero-order valence-corrected chi connectivity index (χ0v) is 17.9. The van der Waals surface area contributed by atoms with Crippen LogP contribution in [0.4, 0.5) is 8.78 Å². The van der Waals surface area contributed by atoms with Gasteiger partial charge in [0.2, 0.25) is 11.8 Å². The van der Waals surface area contributed by atoms with Crippen LogP contribution in [0.1, 0.15) is 37.7 Å². The highest BCUT2D eigenvalue weighted by molar-refractivity contribution is 6.30. The molecule has 1 N–H and O–H groups in total. The molecule has 2 atom stereocenters. The molecule has 4 fully saturated rings. The van der Waals surface area contributed by atoms with Gasteiger partial charge in [-0.2, -0.15) is 0 Å². The normalized spacial score (nSPS) is 31.2. The van der Waals surface area contributed by atoms with Crippen LogP contribution < -0.4 is 0 Å². The van der Waals surface area contributed by atoms with E-state index in [1.54, 1.807) is 18.2 Å². The van der Waals surface area contributed by atoms with Gasteiger partial charge in [-0.05, 0) is 37.0 Å². The van der Waals surface area contributed by atoms with Crippen molar-refractivity contribution in [3.63, 3.8) is 0 Å². The number of hydrogen-bond donors (Lipinski definition) is 1. The monoisotopic (exact) mass is 453 g/mol. The zero-order valence-electron chi connectivity index (χ0n) is 17.1. The maximum absolute atomic E-state index is 13.6. The Bertz CT molecular complexity index is 898. The van der Waals surface area contributed by atoms with Crippen molar-refractivity contribution in [3.8, 4) is 0 Å². The third-order valence-corrected chi connectivity index (χ3v) is 7.62. The molecule has 1 aliphatic carbocycles. The van der Waals surface area contributed by atoms with Crippen molar-refractivity contribution in [2.24, 2.45) is 0 Å². The van der Waals surface area contributed by atoms with Gasteiger partial charge in [0.15, 0.2) is 0 Å². The number of carbonyl (C=O) groups is 2. The summed E-state index contributed by atoms with van der Waals surface area (Å²) in [5, 5.41) is 10.8. The highest BCUT2D eigenvalue weighted by atomic mass is 35.5. The van der Waals surface area contributed by atoms with Crippen LogP contribution in [0.5, 0.6) is 0 Å². The fourth-order valence-corrected chi connectivity index (χ4v) is 5.95. The standard InChI is InChI=1S/C22H26ClF2N3O3/c23-15-3-1-2-14(8-15)10-27-19(30)18-9-17(29)11-28(18)21(20(27)31)12-26(13-21)16-4-6-22(24,25)7-5-16/h1-3,8,16-18,29H,4-7,9-13H2. The molecule has 168 valence electrons. The molecule has 3 heterocycles. The van der Waals surface area contributed by atoms with Gasteiger partial charge in [-0.1, -0.05) is 23.7 Å². The molecule has 1 saturated carbocycles. The van der Waals surface area contributed by atoms with Gasteiger partial charge in [-0.3, -0.25) is 24.3 Å². The molecule has 2 amide bonds. The maximum atomic E-state index is 13.6. The van der Waals surface area contributed by atoms with Gasteiger partial charge >= 0.3 is 0 Å². The van der Waals surface area contributed by atoms with Crippen molar-refractivity contribution in [1.82, 2.24) is 14.7 Å². The molecular weight excluding hydrogens is 428 g/mol. The molecule has 31 heavy (non-hydrogen) atoms. The number of aliphatic hydroxyl groups is 1. The second-order valence-corrected chi connectivity index (χ2v) is 9.88. The summed E-state index contributed by atoms with van der Waals surface area (Å²) in [6.45, 7) is 1.23. The second-order valence-electron chi connectivity index (χ2n) is 9.44. The van der Waals surface area contributed by atoms with Crippen molar-refractivity contribution in [2.45, 2.75) is 68.3 Å². The van der Waals surface area contributed by atoms with Crippen LogP contribution in [0, 0.1) is 0 Å². The SMILES string of the molecule is O=C1C2CC(O)CN2C2(CN(C3CCC(F)(F)CC3)C2)C(=O)N1Cc1cccc(Cl)c1. The number of amides is 2. The van der Waals surface area contributed by atoms with E-state index < -0.39 is 23.6 Å². The van der Waals surface area contributed by atoms with Gasteiger partial charge in [0.05, 0.1) is 18.7 Å². The lowest BCUT2D eigenvalue weighted by molar-refractivity contribution is -0.185. The van der Waals surface area contributed by atoms with E-state index in [1.807, 2.05) is 11.0 Å². The Morgan fingerprint density at radius 1 is 1.16 bits per heavy atom. The quantitative estimate of drug-likeness (QED) is 0.711. The number of benzene rings is 1. The number of piperazine rings is 1.